The quantitative estimate of drug-likeness (QED) is 0.304. The highest BCUT2D eigenvalue weighted by atomic mass is 35.5. The fourth-order valence-corrected chi connectivity index (χ4v) is 5.85. The first-order valence-electron chi connectivity index (χ1n) is 12.1. The van der Waals surface area contributed by atoms with E-state index in [1.807, 2.05) is 0 Å². The highest BCUT2D eigenvalue weighted by molar-refractivity contribution is 6.31. The number of benzene rings is 3. The van der Waals surface area contributed by atoms with Crippen LogP contribution in [0.15, 0.2) is 36.4 Å². The monoisotopic (exact) mass is 575 g/mol. The Bertz CT molecular complexity index is 1760. The number of carbonyl (C=O) groups excluding carboxylic acids is 2. The lowest BCUT2D eigenvalue weighted by Gasteiger charge is -2.28. The van der Waals surface area contributed by atoms with Crippen molar-refractivity contribution < 1.29 is 31.5 Å². The molecular weight excluding hydrogens is 557 g/mol. The summed E-state index contributed by atoms with van der Waals surface area (Å²) in [6, 6.07) is 4.50. The number of amides is 2. The van der Waals surface area contributed by atoms with E-state index >= 15 is 0 Å². The predicted octanol–water partition coefficient (Wildman–Crippen LogP) is 4.81. The number of fused-ring (bicyclic) bond motifs is 3. The lowest BCUT2D eigenvalue weighted by Crippen LogP contribution is -2.40. The molecule has 3 aromatic carbocycles. The number of halogens is 6. The maximum Gasteiger partial charge on any atom is 0.417 e. The summed E-state index contributed by atoms with van der Waals surface area (Å²) in [5.41, 5.74) is 3.27. The van der Waals surface area contributed by atoms with Gasteiger partial charge in [-0.25, -0.2) is 8.78 Å². The number of nitrogens with two attached hydrogens (primary N) is 1. The number of rotatable bonds is 4. The molecule has 0 aliphatic carbocycles. The number of nitrogens with zero attached hydrogens (tertiary/aromatic N) is 2. The molecule has 3 heterocycles. The topological polar surface area (TPSA) is 102 Å². The van der Waals surface area contributed by atoms with Crippen LogP contribution in [0.25, 0.3) is 22.0 Å². The molecule has 1 aromatic heterocycles. The molecule has 13 heteroatoms. The fraction of sp³-hybridized carbons (Fsp3) is 0.222. The van der Waals surface area contributed by atoms with E-state index in [4.69, 9.17) is 17.3 Å². The van der Waals surface area contributed by atoms with E-state index in [0.29, 0.717) is 30.2 Å². The van der Waals surface area contributed by atoms with Gasteiger partial charge in [-0.1, -0.05) is 11.6 Å². The van der Waals surface area contributed by atoms with Crippen LogP contribution in [0.2, 0.25) is 5.02 Å². The van der Waals surface area contributed by atoms with E-state index in [9.17, 15) is 31.5 Å². The summed E-state index contributed by atoms with van der Waals surface area (Å²) in [5, 5.41) is 10.8. The maximum absolute atomic E-state index is 14.4. The third-order valence-electron chi connectivity index (χ3n) is 7.39. The average Bonchev–Trinajstić information content (AvgIpc) is 3.35. The number of aromatic nitrogens is 2. The molecule has 0 spiro atoms. The van der Waals surface area contributed by atoms with E-state index in [0.717, 1.165) is 12.1 Å². The third kappa shape index (κ3) is 3.93. The molecule has 2 aliphatic heterocycles. The van der Waals surface area contributed by atoms with Gasteiger partial charge < -0.3 is 16.4 Å². The summed E-state index contributed by atoms with van der Waals surface area (Å²) < 4.78 is 73.5. The van der Waals surface area contributed by atoms with Gasteiger partial charge in [-0.2, -0.15) is 18.3 Å². The highest BCUT2D eigenvalue weighted by Crippen LogP contribution is 2.49. The van der Waals surface area contributed by atoms with Crippen molar-refractivity contribution >= 4 is 34.3 Å². The number of hydrogen-bond donors (Lipinski definition) is 3. The van der Waals surface area contributed by atoms with Gasteiger partial charge in [0.25, 0.3) is 5.91 Å². The van der Waals surface area contributed by atoms with E-state index < -0.39 is 52.4 Å². The van der Waals surface area contributed by atoms with Gasteiger partial charge in [0.1, 0.15) is 17.2 Å². The van der Waals surface area contributed by atoms with Crippen LogP contribution in [0.3, 0.4) is 0 Å². The smallest absolute Gasteiger partial charge is 0.366 e. The Kier molecular flexibility index (Phi) is 5.89. The van der Waals surface area contributed by atoms with Crippen molar-refractivity contribution in [2.24, 2.45) is 12.8 Å². The Hall–Kier alpha value is -4.03. The number of hydrogen-bond acceptors (Lipinski definition) is 4. The number of carbonyl (C=O) groups is 2. The number of alkyl halides is 3. The van der Waals surface area contributed by atoms with Crippen LogP contribution in [-0.4, -0.2) is 34.7 Å². The maximum atomic E-state index is 14.4. The molecule has 1 fully saturated rings. The molecule has 40 heavy (non-hydrogen) atoms. The first-order valence-corrected chi connectivity index (χ1v) is 12.5. The lowest BCUT2D eigenvalue weighted by atomic mass is 9.83. The van der Waals surface area contributed by atoms with Gasteiger partial charge in [-0.3, -0.25) is 14.3 Å². The van der Waals surface area contributed by atoms with Crippen molar-refractivity contribution in [2.75, 3.05) is 13.1 Å². The van der Waals surface area contributed by atoms with Gasteiger partial charge in [0.2, 0.25) is 5.91 Å². The number of nitrogens with one attached hydrogen (secondary N) is 2. The molecule has 2 amide bonds. The molecule has 2 aliphatic rings. The minimum Gasteiger partial charge on any atom is -0.366 e. The molecule has 1 saturated heterocycles. The molecule has 4 aromatic rings. The van der Waals surface area contributed by atoms with Crippen LogP contribution >= 0.6 is 11.6 Å². The lowest BCUT2D eigenvalue weighted by molar-refractivity contribution is -0.137. The van der Waals surface area contributed by atoms with E-state index in [-0.39, 0.29) is 44.8 Å². The molecule has 206 valence electrons. The summed E-state index contributed by atoms with van der Waals surface area (Å²) in [6.07, 6.45) is -5.11. The molecule has 0 saturated carbocycles. The van der Waals surface area contributed by atoms with Crippen LogP contribution < -0.4 is 16.4 Å². The van der Waals surface area contributed by atoms with E-state index in [1.54, 1.807) is 11.7 Å². The Labute approximate surface area is 228 Å². The Balaban J connectivity index is 1.80. The largest absolute Gasteiger partial charge is 0.417 e. The molecule has 4 N–H and O–H groups in total. The summed E-state index contributed by atoms with van der Waals surface area (Å²) >= 11 is 6.36. The zero-order chi connectivity index (χ0) is 28.7. The summed E-state index contributed by atoms with van der Waals surface area (Å²) in [6.45, 7) is 1.15. The van der Waals surface area contributed by atoms with Crippen molar-refractivity contribution in [3.05, 3.63) is 86.6 Å². The van der Waals surface area contributed by atoms with Crippen LogP contribution in [0.5, 0.6) is 0 Å². The minimum atomic E-state index is -5.11. The van der Waals surface area contributed by atoms with Crippen LogP contribution in [0.4, 0.5) is 22.0 Å². The first-order chi connectivity index (χ1) is 18.9. The zero-order valence-corrected chi connectivity index (χ0v) is 21.3. The predicted molar refractivity (Wildman–Crippen MR) is 136 cm³/mol. The minimum absolute atomic E-state index is 0.0130. The van der Waals surface area contributed by atoms with Gasteiger partial charge in [0, 0.05) is 53.2 Å². The van der Waals surface area contributed by atoms with Crippen LogP contribution in [0, 0.1) is 11.6 Å². The summed E-state index contributed by atoms with van der Waals surface area (Å²) in [4.78, 5) is 25.9. The third-order valence-corrected chi connectivity index (χ3v) is 7.73. The van der Waals surface area contributed by atoms with Crippen molar-refractivity contribution in [2.45, 2.75) is 18.1 Å². The molecule has 6 rings (SSSR count). The SMILES string of the molecule is Cn1nc2c3c(c(-c4c(C(N)=O)cc(F)cc4C(F)(F)F)cc2c1C1CNC1)C(c1cc(F)ccc1Cl)NC3=O. The standard InChI is InChI=1S/C27H19ClF5N5O2/c1-38-24(10-8-35-9-10)16-7-14(19-15(25(34)39)5-12(30)6-17(19)27(31,32)33)20-21(23(16)37-38)26(40)36-22(20)13-4-11(29)2-3-18(13)28/h2-7,10,22,35H,8-9H2,1H3,(H2,34,39)(H,36,40). The molecule has 7 nitrogen and oxygen atoms in total. The van der Waals surface area contributed by atoms with Crippen molar-refractivity contribution in [1.82, 2.24) is 20.4 Å². The van der Waals surface area contributed by atoms with Crippen LogP contribution in [0.1, 0.15) is 55.1 Å². The van der Waals surface area contributed by atoms with Crippen molar-refractivity contribution in [1.29, 1.82) is 0 Å². The average molecular weight is 576 g/mol. The zero-order valence-electron chi connectivity index (χ0n) is 20.6. The normalized spacial score (nSPS) is 17.2. The van der Waals surface area contributed by atoms with Gasteiger partial charge in [-0.15, -0.1) is 0 Å². The second kappa shape index (κ2) is 9.00. The summed E-state index contributed by atoms with van der Waals surface area (Å²) in [5.74, 6) is -4.05. The second-order valence-electron chi connectivity index (χ2n) is 9.78. The van der Waals surface area contributed by atoms with E-state index in [1.165, 1.54) is 12.1 Å². The van der Waals surface area contributed by atoms with Crippen molar-refractivity contribution in [3.8, 4) is 11.1 Å². The second-order valence-corrected chi connectivity index (χ2v) is 10.2. The van der Waals surface area contributed by atoms with Crippen molar-refractivity contribution in [3.63, 3.8) is 0 Å². The molecule has 1 atom stereocenters. The van der Waals surface area contributed by atoms with Gasteiger partial charge in [-0.05, 0) is 42.0 Å². The summed E-state index contributed by atoms with van der Waals surface area (Å²) in [7, 11) is 1.65. The van der Waals surface area contributed by atoms with E-state index in [2.05, 4.69) is 15.7 Å². The Morgan fingerprint density at radius 1 is 1.10 bits per heavy atom. The highest BCUT2D eigenvalue weighted by Gasteiger charge is 2.42. The Morgan fingerprint density at radius 2 is 1.82 bits per heavy atom. The molecule has 1 unspecified atom stereocenters. The number of aryl methyl sites for hydroxylation is 1. The van der Waals surface area contributed by atoms with Crippen LogP contribution in [-0.2, 0) is 13.2 Å². The molecule has 0 bridgehead atoms. The first kappa shape index (κ1) is 26.2. The van der Waals surface area contributed by atoms with Gasteiger partial charge in [0.15, 0.2) is 0 Å². The fourth-order valence-electron chi connectivity index (χ4n) is 5.63. The Morgan fingerprint density at radius 3 is 2.45 bits per heavy atom. The van der Waals surface area contributed by atoms with Gasteiger partial charge >= 0.3 is 6.18 Å². The number of primary amides is 1. The van der Waals surface area contributed by atoms with Gasteiger partial charge in [0.05, 0.1) is 28.4 Å². The molecule has 0 radical (unpaired) electrons. The molecular formula is C27H19ClF5N5O2.